The van der Waals surface area contributed by atoms with Gasteiger partial charge in [0.1, 0.15) is 6.07 Å². The minimum Gasteiger partial charge on any atom is -0.356 e. The molecule has 21 heavy (non-hydrogen) atoms. The number of benzene rings is 2. The maximum atomic E-state index is 12.4. The minimum absolute atomic E-state index is 0.341. The summed E-state index contributed by atoms with van der Waals surface area (Å²) in [6, 6.07) is 15.3. The van der Waals surface area contributed by atoms with Gasteiger partial charge in [0.2, 0.25) is 5.54 Å². The third-order valence-corrected chi connectivity index (χ3v) is 3.80. The van der Waals surface area contributed by atoms with Gasteiger partial charge >= 0.3 is 0 Å². The molecule has 2 aromatic rings. The van der Waals surface area contributed by atoms with E-state index in [4.69, 9.17) is 0 Å². The maximum Gasteiger partial charge on any atom is 0.269 e. The summed E-state index contributed by atoms with van der Waals surface area (Å²) in [6.45, 7) is 3.93. The minimum atomic E-state index is -1.38. The molecule has 0 unspecified atom stereocenters. The maximum absolute atomic E-state index is 12.4. The second kappa shape index (κ2) is 4.64. The van der Waals surface area contributed by atoms with E-state index in [-0.39, 0.29) is 5.91 Å². The first kappa shape index (κ1) is 13.2. The first-order chi connectivity index (χ1) is 10.1. The molecule has 1 heterocycles. The van der Waals surface area contributed by atoms with Gasteiger partial charge < -0.3 is 10.6 Å². The zero-order valence-electron chi connectivity index (χ0n) is 11.9. The molecule has 0 bridgehead atoms. The van der Waals surface area contributed by atoms with Crippen molar-refractivity contribution in [3.63, 3.8) is 0 Å². The highest BCUT2D eigenvalue weighted by atomic mass is 16.2. The van der Waals surface area contributed by atoms with Gasteiger partial charge in [0.05, 0.1) is 0 Å². The third kappa shape index (κ3) is 1.95. The Bertz CT molecular complexity index is 776. The summed E-state index contributed by atoms with van der Waals surface area (Å²) in [6.07, 6.45) is 0. The number of hydrogen-bond donors (Lipinski definition) is 2. The van der Waals surface area contributed by atoms with Crippen molar-refractivity contribution in [1.29, 1.82) is 5.26 Å². The number of aryl methyl sites for hydroxylation is 2. The van der Waals surface area contributed by atoms with Crippen molar-refractivity contribution in [2.24, 2.45) is 0 Å². The summed E-state index contributed by atoms with van der Waals surface area (Å²) in [5.74, 6) is -0.341. The van der Waals surface area contributed by atoms with E-state index in [0.29, 0.717) is 11.3 Å². The fourth-order valence-corrected chi connectivity index (χ4v) is 2.59. The van der Waals surface area contributed by atoms with Gasteiger partial charge in [0, 0.05) is 16.9 Å². The van der Waals surface area contributed by atoms with Crippen LogP contribution >= 0.6 is 0 Å². The molecule has 0 aliphatic carbocycles. The Morgan fingerprint density at radius 1 is 1.19 bits per heavy atom. The van der Waals surface area contributed by atoms with Crippen LogP contribution in [0.25, 0.3) is 0 Å². The van der Waals surface area contributed by atoms with E-state index in [9.17, 15) is 10.1 Å². The summed E-state index contributed by atoms with van der Waals surface area (Å²) >= 11 is 0. The lowest BCUT2D eigenvalue weighted by molar-refractivity contribution is -0.118. The van der Waals surface area contributed by atoms with Crippen molar-refractivity contribution in [2.45, 2.75) is 19.4 Å². The molecule has 1 amide bonds. The SMILES string of the molecule is Cc1ccc(C)c(N[C@@]2(C#N)C(=O)Nc3ccccc32)c1. The van der Waals surface area contributed by atoms with Gasteiger partial charge in [-0.25, -0.2) is 0 Å². The molecule has 2 aromatic carbocycles. The predicted molar refractivity (Wildman–Crippen MR) is 81.9 cm³/mol. The summed E-state index contributed by atoms with van der Waals surface area (Å²) in [5.41, 5.74) is 2.83. The molecule has 0 aromatic heterocycles. The highest BCUT2D eigenvalue weighted by Crippen LogP contribution is 2.38. The molecule has 0 fully saturated rings. The Morgan fingerprint density at radius 3 is 2.71 bits per heavy atom. The van der Waals surface area contributed by atoms with E-state index in [1.807, 2.05) is 44.2 Å². The number of fused-ring (bicyclic) bond motifs is 1. The summed E-state index contributed by atoms with van der Waals surface area (Å²) in [7, 11) is 0. The molecule has 1 aliphatic rings. The Balaban J connectivity index is 2.12. The molecular weight excluding hydrogens is 262 g/mol. The lowest BCUT2D eigenvalue weighted by atomic mass is 9.92. The van der Waals surface area contributed by atoms with Crippen molar-refractivity contribution >= 4 is 17.3 Å². The average molecular weight is 277 g/mol. The van der Waals surface area contributed by atoms with Crippen LogP contribution in [0.1, 0.15) is 16.7 Å². The zero-order chi connectivity index (χ0) is 15.0. The Kier molecular flexibility index (Phi) is 2.91. The van der Waals surface area contributed by atoms with Crippen LogP contribution < -0.4 is 10.6 Å². The van der Waals surface area contributed by atoms with Gasteiger partial charge in [-0.2, -0.15) is 5.26 Å². The lowest BCUT2D eigenvalue weighted by Crippen LogP contribution is -2.41. The molecule has 4 heteroatoms. The first-order valence-electron chi connectivity index (χ1n) is 6.74. The van der Waals surface area contributed by atoms with Gasteiger partial charge in [-0.05, 0) is 37.1 Å². The predicted octanol–water partition coefficient (Wildman–Crippen LogP) is 3.09. The number of nitrogens with zero attached hydrogens (tertiary/aromatic N) is 1. The van der Waals surface area contributed by atoms with Crippen LogP contribution in [0.4, 0.5) is 11.4 Å². The first-order valence-corrected chi connectivity index (χ1v) is 6.74. The van der Waals surface area contributed by atoms with Crippen molar-refractivity contribution in [3.05, 3.63) is 59.2 Å². The third-order valence-electron chi connectivity index (χ3n) is 3.80. The monoisotopic (exact) mass is 277 g/mol. The van der Waals surface area contributed by atoms with E-state index in [1.54, 1.807) is 12.1 Å². The molecule has 0 saturated heterocycles. The largest absolute Gasteiger partial charge is 0.356 e. The van der Waals surface area contributed by atoms with Gasteiger partial charge in [-0.1, -0.05) is 30.3 Å². The fourth-order valence-electron chi connectivity index (χ4n) is 2.59. The van der Waals surface area contributed by atoms with Crippen LogP contribution in [0, 0.1) is 25.2 Å². The highest BCUT2D eigenvalue weighted by Gasteiger charge is 2.47. The van der Waals surface area contributed by atoms with Crippen LogP contribution in [-0.2, 0) is 10.3 Å². The van der Waals surface area contributed by atoms with Gasteiger partial charge in [0.15, 0.2) is 0 Å². The number of nitrogens with one attached hydrogen (secondary N) is 2. The van der Waals surface area contributed by atoms with Crippen LogP contribution in [0.2, 0.25) is 0 Å². The molecule has 4 nitrogen and oxygen atoms in total. The van der Waals surface area contributed by atoms with Crippen LogP contribution in [0.3, 0.4) is 0 Å². The average Bonchev–Trinajstić information content (AvgIpc) is 2.76. The Morgan fingerprint density at radius 2 is 1.95 bits per heavy atom. The molecule has 3 rings (SSSR count). The molecule has 0 spiro atoms. The quantitative estimate of drug-likeness (QED) is 0.886. The van der Waals surface area contributed by atoms with Crippen molar-refractivity contribution in [3.8, 4) is 6.07 Å². The second-order valence-electron chi connectivity index (χ2n) is 5.30. The number of anilines is 2. The van der Waals surface area contributed by atoms with Crippen LogP contribution in [0.5, 0.6) is 0 Å². The summed E-state index contributed by atoms with van der Waals surface area (Å²) in [4.78, 5) is 12.4. The smallest absolute Gasteiger partial charge is 0.269 e. The number of carbonyl (C=O) groups excluding carboxylic acids is 1. The van der Waals surface area contributed by atoms with E-state index in [1.165, 1.54) is 0 Å². The molecule has 2 N–H and O–H groups in total. The zero-order valence-corrected chi connectivity index (χ0v) is 11.9. The number of hydrogen-bond acceptors (Lipinski definition) is 3. The Labute approximate surface area is 123 Å². The molecule has 104 valence electrons. The lowest BCUT2D eigenvalue weighted by Gasteiger charge is -2.23. The van der Waals surface area contributed by atoms with E-state index in [2.05, 4.69) is 16.7 Å². The van der Waals surface area contributed by atoms with Gasteiger partial charge in [0.25, 0.3) is 5.91 Å². The van der Waals surface area contributed by atoms with Gasteiger partial charge in [-0.3, -0.25) is 4.79 Å². The fraction of sp³-hybridized carbons (Fsp3) is 0.176. The highest BCUT2D eigenvalue weighted by molar-refractivity contribution is 6.10. The molecular formula is C17H15N3O. The summed E-state index contributed by atoms with van der Waals surface area (Å²) in [5, 5.41) is 15.6. The van der Waals surface area contributed by atoms with Crippen molar-refractivity contribution in [2.75, 3.05) is 10.6 Å². The van der Waals surface area contributed by atoms with E-state index in [0.717, 1.165) is 16.8 Å². The summed E-state index contributed by atoms with van der Waals surface area (Å²) < 4.78 is 0. The number of rotatable bonds is 2. The normalized spacial score (nSPS) is 19.6. The van der Waals surface area contributed by atoms with Crippen LogP contribution in [0.15, 0.2) is 42.5 Å². The molecule has 0 radical (unpaired) electrons. The van der Waals surface area contributed by atoms with Crippen molar-refractivity contribution in [1.82, 2.24) is 0 Å². The van der Waals surface area contributed by atoms with Gasteiger partial charge in [-0.15, -0.1) is 0 Å². The molecule has 1 atom stereocenters. The Hall–Kier alpha value is -2.80. The van der Waals surface area contributed by atoms with Crippen LogP contribution in [-0.4, -0.2) is 5.91 Å². The standard InChI is InChI=1S/C17H15N3O/c1-11-7-8-12(2)15(9-11)20-17(10-18)13-5-3-4-6-14(13)19-16(17)21/h3-9,20H,1-2H3,(H,19,21)/t17-/m1/s1. The number of carbonyl (C=O) groups is 1. The molecule has 1 aliphatic heterocycles. The molecule has 0 saturated carbocycles. The number of amides is 1. The van der Waals surface area contributed by atoms with Crippen molar-refractivity contribution < 1.29 is 4.79 Å². The number of nitriles is 1. The van der Waals surface area contributed by atoms with E-state index < -0.39 is 5.54 Å². The van der Waals surface area contributed by atoms with E-state index >= 15 is 0 Å². The number of para-hydroxylation sites is 1. The second-order valence-corrected chi connectivity index (χ2v) is 5.30. The topological polar surface area (TPSA) is 64.9 Å².